The first kappa shape index (κ1) is 12.6. The van der Waals surface area contributed by atoms with Crippen LogP contribution in [0.3, 0.4) is 0 Å². The molecule has 0 saturated heterocycles. The van der Waals surface area contributed by atoms with Gasteiger partial charge in [-0.2, -0.15) is 0 Å². The first-order valence-electron chi connectivity index (χ1n) is 4.43. The minimum atomic E-state index is -0.568. The SMILES string of the molecule is COC(=O)c1cc(C)cc([N+](=O)[O-])c1CBr. The van der Waals surface area contributed by atoms with E-state index < -0.39 is 10.9 Å². The van der Waals surface area contributed by atoms with Crippen molar-refractivity contribution >= 4 is 27.6 Å². The van der Waals surface area contributed by atoms with E-state index in [1.165, 1.54) is 13.2 Å². The Morgan fingerprint density at radius 3 is 2.62 bits per heavy atom. The molecule has 0 aliphatic carbocycles. The lowest BCUT2D eigenvalue weighted by molar-refractivity contribution is -0.385. The van der Waals surface area contributed by atoms with E-state index >= 15 is 0 Å². The lowest BCUT2D eigenvalue weighted by atomic mass is 10.0. The second kappa shape index (κ2) is 5.07. The van der Waals surface area contributed by atoms with Crippen LogP contribution in [0.25, 0.3) is 0 Å². The number of benzene rings is 1. The van der Waals surface area contributed by atoms with Crippen LogP contribution >= 0.6 is 15.9 Å². The minimum Gasteiger partial charge on any atom is -0.465 e. The largest absolute Gasteiger partial charge is 0.465 e. The van der Waals surface area contributed by atoms with Crippen LogP contribution in [0.2, 0.25) is 0 Å². The predicted octanol–water partition coefficient (Wildman–Crippen LogP) is 2.58. The molecular weight excluding hydrogens is 278 g/mol. The van der Waals surface area contributed by atoms with E-state index in [4.69, 9.17) is 0 Å². The number of carbonyl (C=O) groups excluding carboxylic acids is 1. The molecule has 0 saturated carbocycles. The molecule has 86 valence electrons. The molecule has 0 aliphatic heterocycles. The fraction of sp³-hybridized carbons (Fsp3) is 0.300. The van der Waals surface area contributed by atoms with E-state index in [9.17, 15) is 14.9 Å². The van der Waals surface area contributed by atoms with E-state index in [1.807, 2.05) is 0 Å². The second-order valence-corrected chi connectivity index (χ2v) is 3.75. The summed E-state index contributed by atoms with van der Waals surface area (Å²) < 4.78 is 4.59. The summed E-state index contributed by atoms with van der Waals surface area (Å²) in [5.74, 6) is -0.568. The zero-order valence-corrected chi connectivity index (χ0v) is 10.4. The highest BCUT2D eigenvalue weighted by Crippen LogP contribution is 2.27. The Balaban J connectivity index is 3.48. The van der Waals surface area contributed by atoms with Crippen molar-refractivity contribution in [1.29, 1.82) is 0 Å². The fourth-order valence-corrected chi connectivity index (χ4v) is 1.98. The van der Waals surface area contributed by atoms with Gasteiger partial charge in [-0.25, -0.2) is 4.79 Å². The molecule has 0 bridgehead atoms. The summed E-state index contributed by atoms with van der Waals surface area (Å²) in [5.41, 5.74) is 1.14. The predicted molar refractivity (Wildman–Crippen MR) is 61.8 cm³/mol. The smallest absolute Gasteiger partial charge is 0.338 e. The molecular formula is C10H10BrNO4. The molecule has 0 amide bonds. The van der Waals surface area contributed by atoms with Crippen molar-refractivity contribution in [1.82, 2.24) is 0 Å². The molecule has 0 heterocycles. The Morgan fingerprint density at radius 2 is 2.19 bits per heavy atom. The van der Waals surface area contributed by atoms with Crippen LogP contribution in [0.1, 0.15) is 21.5 Å². The second-order valence-electron chi connectivity index (χ2n) is 3.19. The van der Waals surface area contributed by atoms with Crippen molar-refractivity contribution in [3.63, 3.8) is 0 Å². The number of nitrogens with zero attached hydrogens (tertiary/aromatic N) is 1. The number of rotatable bonds is 3. The molecule has 0 radical (unpaired) electrons. The van der Waals surface area contributed by atoms with Crippen molar-refractivity contribution < 1.29 is 14.5 Å². The van der Waals surface area contributed by atoms with Crippen LogP contribution in [-0.4, -0.2) is 18.0 Å². The fourth-order valence-electron chi connectivity index (χ4n) is 1.39. The van der Waals surface area contributed by atoms with Gasteiger partial charge in [0.2, 0.25) is 0 Å². The maximum Gasteiger partial charge on any atom is 0.338 e. The number of halogens is 1. The summed E-state index contributed by atoms with van der Waals surface area (Å²) in [4.78, 5) is 21.8. The van der Waals surface area contributed by atoms with Gasteiger partial charge in [0.1, 0.15) is 0 Å². The standard InChI is InChI=1S/C10H10BrNO4/c1-6-3-7(10(13)16-2)8(5-11)9(4-6)12(14)15/h3-4H,5H2,1-2H3. The molecule has 0 aromatic heterocycles. The van der Waals surface area contributed by atoms with E-state index in [2.05, 4.69) is 20.7 Å². The zero-order chi connectivity index (χ0) is 12.3. The maximum atomic E-state index is 11.5. The van der Waals surface area contributed by atoms with Gasteiger partial charge in [-0.1, -0.05) is 15.9 Å². The number of methoxy groups -OCH3 is 1. The summed E-state index contributed by atoms with van der Waals surface area (Å²) >= 11 is 3.14. The van der Waals surface area contributed by atoms with E-state index in [0.717, 1.165) is 0 Å². The Morgan fingerprint density at radius 1 is 1.56 bits per heavy atom. The molecule has 0 atom stereocenters. The van der Waals surface area contributed by atoms with Crippen molar-refractivity contribution in [3.8, 4) is 0 Å². The summed E-state index contributed by atoms with van der Waals surface area (Å²) in [6.07, 6.45) is 0. The molecule has 0 aliphatic rings. The summed E-state index contributed by atoms with van der Waals surface area (Å²) in [7, 11) is 1.24. The Labute approximate surface area is 101 Å². The third-order valence-electron chi connectivity index (χ3n) is 2.11. The van der Waals surface area contributed by atoms with Gasteiger partial charge in [0.15, 0.2) is 0 Å². The van der Waals surface area contributed by atoms with Crippen LogP contribution in [0, 0.1) is 17.0 Å². The number of carbonyl (C=O) groups is 1. The highest BCUT2D eigenvalue weighted by molar-refractivity contribution is 9.08. The molecule has 0 N–H and O–H groups in total. The number of hydrogen-bond donors (Lipinski definition) is 0. The van der Waals surface area contributed by atoms with Crippen LogP contribution in [0.15, 0.2) is 12.1 Å². The first-order valence-corrected chi connectivity index (χ1v) is 5.55. The normalized spacial score (nSPS) is 9.94. The van der Waals surface area contributed by atoms with E-state index in [-0.39, 0.29) is 16.6 Å². The Kier molecular flexibility index (Phi) is 4.00. The number of ether oxygens (including phenoxy) is 1. The molecule has 1 rings (SSSR count). The highest BCUT2D eigenvalue weighted by atomic mass is 79.9. The topological polar surface area (TPSA) is 69.4 Å². The lowest BCUT2D eigenvalue weighted by Gasteiger charge is -2.07. The van der Waals surface area contributed by atoms with Gasteiger partial charge in [-0.05, 0) is 18.6 Å². The van der Waals surface area contributed by atoms with Gasteiger partial charge in [0.05, 0.1) is 23.2 Å². The van der Waals surface area contributed by atoms with Crippen molar-refractivity contribution in [3.05, 3.63) is 38.9 Å². The molecule has 0 spiro atoms. The molecule has 6 heteroatoms. The number of esters is 1. The summed E-state index contributed by atoms with van der Waals surface area (Å²) in [5, 5.41) is 11.1. The van der Waals surface area contributed by atoms with Crippen LogP contribution in [0.4, 0.5) is 5.69 Å². The Hall–Kier alpha value is -1.43. The highest BCUT2D eigenvalue weighted by Gasteiger charge is 2.22. The van der Waals surface area contributed by atoms with Crippen LogP contribution in [0.5, 0.6) is 0 Å². The van der Waals surface area contributed by atoms with Gasteiger partial charge < -0.3 is 4.74 Å². The summed E-state index contributed by atoms with van der Waals surface area (Å²) in [6, 6.07) is 3.01. The van der Waals surface area contributed by atoms with E-state index in [1.54, 1.807) is 13.0 Å². The third-order valence-corrected chi connectivity index (χ3v) is 2.67. The number of alkyl halides is 1. The number of aryl methyl sites for hydroxylation is 1. The van der Waals surface area contributed by atoms with E-state index in [0.29, 0.717) is 11.1 Å². The average molecular weight is 288 g/mol. The Bertz CT molecular complexity index is 445. The average Bonchev–Trinajstić information content (AvgIpc) is 2.26. The molecule has 1 aromatic rings. The van der Waals surface area contributed by atoms with Crippen molar-refractivity contribution in [2.45, 2.75) is 12.3 Å². The van der Waals surface area contributed by atoms with Gasteiger partial charge in [-0.15, -0.1) is 0 Å². The van der Waals surface area contributed by atoms with Crippen molar-refractivity contribution in [2.24, 2.45) is 0 Å². The first-order chi connectivity index (χ1) is 7.51. The van der Waals surface area contributed by atoms with Crippen molar-refractivity contribution in [2.75, 3.05) is 7.11 Å². The van der Waals surface area contributed by atoms with Gasteiger partial charge in [0.25, 0.3) is 5.69 Å². The maximum absolute atomic E-state index is 11.5. The van der Waals surface area contributed by atoms with Crippen LogP contribution < -0.4 is 0 Å². The quantitative estimate of drug-likeness (QED) is 0.371. The molecule has 0 unspecified atom stereocenters. The number of hydrogen-bond acceptors (Lipinski definition) is 4. The third kappa shape index (κ3) is 2.38. The monoisotopic (exact) mass is 287 g/mol. The van der Waals surface area contributed by atoms with Gasteiger partial charge in [0, 0.05) is 11.4 Å². The number of nitro groups is 1. The lowest BCUT2D eigenvalue weighted by Crippen LogP contribution is -2.08. The minimum absolute atomic E-state index is 0.0720. The summed E-state index contributed by atoms with van der Waals surface area (Å²) in [6.45, 7) is 1.69. The molecule has 16 heavy (non-hydrogen) atoms. The molecule has 1 aromatic carbocycles. The van der Waals surface area contributed by atoms with Crippen LogP contribution in [-0.2, 0) is 10.1 Å². The number of nitro benzene ring substituents is 1. The van der Waals surface area contributed by atoms with Gasteiger partial charge >= 0.3 is 5.97 Å². The van der Waals surface area contributed by atoms with Gasteiger partial charge in [-0.3, -0.25) is 10.1 Å². The molecule has 0 fully saturated rings. The zero-order valence-electron chi connectivity index (χ0n) is 8.82. The molecule has 5 nitrogen and oxygen atoms in total.